The van der Waals surface area contributed by atoms with Crippen molar-refractivity contribution in [3.63, 3.8) is 0 Å². The van der Waals surface area contributed by atoms with Gasteiger partial charge in [-0.15, -0.1) is 0 Å². The number of nitrogens with zero attached hydrogens (tertiary/aromatic N) is 4. The third kappa shape index (κ3) is 3.07. The Bertz CT molecular complexity index is 594. The smallest absolute Gasteiger partial charge is 0.325 e. The summed E-state index contributed by atoms with van der Waals surface area (Å²) in [4.78, 5) is 17.9. The molecule has 0 amide bonds. The van der Waals surface area contributed by atoms with Crippen LogP contribution in [0.5, 0.6) is 0 Å². The van der Waals surface area contributed by atoms with E-state index in [4.69, 9.17) is 4.74 Å². The van der Waals surface area contributed by atoms with E-state index in [2.05, 4.69) is 17.0 Å². The van der Waals surface area contributed by atoms with Crippen molar-refractivity contribution in [3.05, 3.63) is 24.0 Å². The number of esters is 1. The summed E-state index contributed by atoms with van der Waals surface area (Å²) in [7, 11) is 0. The molecule has 0 atom stereocenters. The first-order valence-corrected chi connectivity index (χ1v) is 6.86. The van der Waals surface area contributed by atoms with Crippen molar-refractivity contribution in [2.75, 3.05) is 24.6 Å². The average Bonchev–Trinajstić information content (AvgIpc) is 2.85. The summed E-state index contributed by atoms with van der Waals surface area (Å²) in [5.74, 6) is 0.642. The van der Waals surface area contributed by atoms with Crippen LogP contribution >= 0.6 is 0 Å². The fraction of sp³-hybridized carbons (Fsp3) is 0.500. The normalized spacial score (nSPS) is 10.8. The average molecular weight is 276 g/mol. The molecule has 108 valence electrons. The Labute approximate surface area is 118 Å². The molecule has 0 aromatic carbocycles. The summed E-state index contributed by atoms with van der Waals surface area (Å²) in [6.07, 6.45) is 2.45. The van der Waals surface area contributed by atoms with Crippen LogP contribution in [-0.4, -0.2) is 40.3 Å². The molecule has 0 saturated carbocycles. The zero-order chi connectivity index (χ0) is 14.5. The predicted molar refractivity (Wildman–Crippen MR) is 76.9 cm³/mol. The van der Waals surface area contributed by atoms with E-state index in [-0.39, 0.29) is 12.5 Å². The maximum atomic E-state index is 11.8. The number of ether oxygens (including phenoxy) is 1. The molecule has 20 heavy (non-hydrogen) atoms. The second-order valence-electron chi connectivity index (χ2n) is 4.65. The van der Waals surface area contributed by atoms with Gasteiger partial charge in [-0.1, -0.05) is 6.92 Å². The standard InChI is InChI=1S/C14H20N4O2/c1-4-6-17(9-14(19)20-5-2)13-8-11(3)7-12-15-10-16-18(12)13/h7-8,10H,4-6,9H2,1-3H3. The lowest BCUT2D eigenvalue weighted by Gasteiger charge is -2.23. The minimum absolute atomic E-state index is 0.222. The zero-order valence-corrected chi connectivity index (χ0v) is 12.2. The Kier molecular flexibility index (Phi) is 4.55. The largest absolute Gasteiger partial charge is 0.465 e. The van der Waals surface area contributed by atoms with Crippen molar-refractivity contribution >= 4 is 17.4 Å². The fourth-order valence-corrected chi connectivity index (χ4v) is 2.17. The van der Waals surface area contributed by atoms with Crippen LogP contribution in [-0.2, 0) is 9.53 Å². The summed E-state index contributed by atoms with van der Waals surface area (Å²) < 4.78 is 6.79. The number of carbonyl (C=O) groups is 1. The van der Waals surface area contributed by atoms with Gasteiger partial charge in [-0.2, -0.15) is 9.61 Å². The van der Waals surface area contributed by atoms with E-state index in [1.165, 1.54) is 6.33 Å². The number of anilines is 1. The quantitative estimate of drug-likeness (QED) is 0.753. The molecule has 0 aliphatic carbocycles. The van der Waals surface area contributed by atoms with Crippen LogP contribution in [0.2, 0.25) is 0 Å². The van der Waals surface area contributed by atoms with Crippen LogP contribution in [0.15, 0.2) is 18.5 Å². The predicted octanol–water partition coefficient (Wildman–Crippen LogP) is 1.82. The number of rotatable bonds is 6. The minimum atomic E-state index is -0.226. The molecule has 0 saturated heterocycles. The molecule has 0 spiro atoms. The van der Waals surface area contributed by atoms with Crippen molar-refractivity contribution in [1.82, 2.24) is 14.6 Å². The topological polar surface area (TPSA) is 59.7 Å². The molecule has 0 aliphatic heterocycles. The molecule has 2 rings (SSSR count). The highest BCUT2D eigenvalue weighted by atomic mass is 16.5. The maximum absolute atomic E-state index is 11.8. The second kappa shape index (κ2) is 6.36. The minimum Gasteiger partial charge on any atom is -0.465 e. The Morgan fingerprint density at radius 2 is 2.20 bits per heavy atom. The number of aromatic nitrogens is 3. The number of aryl methyl sites for hydroxylation is 1. The number of pyridine rings is 1. The van der Waals surface area contributed by atoms with Crippen molar-refractivity contribution in [2.45, 2.75) is 27.2 Å². The Morgan fingerprint density at radius 3 is 2.90 bits per heavy atom. The highest BCUT2D eigenvalue weighted by Crippen LogP contribution is 2.18. The molecular formula is C14H20N4O2. The van der Waals surface area contributed by atoms with E-state index in [1.54, 1.807) is 4.52 Å². The monoisotopic (exact) mass is 276 g/mol. The summed E-state index contributed by atoms with van der Waals surface area (Å²) in [6.45, 7) is 7.27. The van der Waals surface area contributed by atoms with E-state index < -0.39 is 0 Å². The van der Waals surface area contributed by atoms with Crippen LogP contribution in [0, 0.1) is 6.92 Å². The summed E-state index contributed by atoms with van der Waals surface area (Å²) in [6, 6.07) is 3.97. The molecule has 6 heteroatoms. The SMILES string of the molecule is CCCN(CC(=O)OCC)c1cc(C)cc2ncnn12. The van der Waals surface area contributed by atoms with Gasteiger partial charge in [-0.05, 0) is 38.0 Å². The highest BCUT2D eigenvalue weighted by molar-refractivity contribution is 5.75. The maximum Gasteiger partial charge on any atom is 0.325 e. The van der Waals surface area contributed by atoms with E-state index in [0.29, 0.717) is 6.61 Å². The Balaban J connectivity index is 2.35. The third-order valence-electron chi connectivity index (χ3n) is 2.95. The third-order valence-corrected chi connectivity index (χ3v) is 2.95. The van der Waals surface area contributed by atoms with Gasteiger partial charge in [0.1, 0.15) is 18.7 Å². The number of hydrogen-bond acceptors (Lipinski definition) is 5. The zero-order valence-electron chi connectivity index (χ0n) is 12.2. The van der Waals surface area contributed by atoms with E-state index in [0.717, 1.165) is 30.0 Å². The molecule has 0 fully saturated rings. The Hall–Kier alpha value is -2.11. The van der Waals surface area contributed by atoms with Gasteiger partial charge >= 0.3 is 5.97 Å². The van der Waals surface area contributed by atoms with Gasteiger partial charge in [-0.25, -0.2) is 4.98 Å². The van der Waals surface area contributed by atoms with E-state index >= 15 is 0 Å². The fourth-order valence-electron chi connectivity index (χ4n) is 2.17. The van der Waals surface area contributed by atoms with Gasteiger partial charge < -0.3 is 9.64 Å². The lowest BCUT2D eigenvalue weighted by Crippen LogP contribution is -2.33. The first-order valence-electron chi connectivity index (χ1n) is 6.86. The molecule has 2 aromatic heterocycles. The van der Waals surface area contributed by atoms with Crippen LogP contribution in [0.4, 0.5) is 5.82 Å². The number of hydrogen-bond donors (Lipinski definition) is 0. The van der Waals surface area contributed by atoms with Crippen LogP contribution in [0.1, 0.15) is 25.8 Å². The molecule has 0 radical (unpaired) electrons. The van der Waals surface area contributed by atoms with Gasteiger partial charge in [0.05, 0.1) is 6.61 Å². The van der Waals surface area contributed by atoms with Crippen molar-refractivity contribution in [1.29, 1.82) is 0 Å². The molecular weight excluding hydrogens is 256 g/mol. The van der Waals surface area contributed by atoms with E-state index in [1.807, 2.05) is 30.9 Å². The number of carbonyl (C=O) groups excluding carboxylic acids is 1. The second-order valence-corrected chi connectivity index (χ2v) is 4.65. The van der Waals surface area contributed by atoms with Gasteiger partial charge in [0.15, 0.2) is 5.65 Å². The lowest BCUT2D eigenvalue weighted by molar-refractivity contribution is -0.141. The van der Waals surface area contributed by atoms with Crippen LogP contribution in [0.25, 0.3) is 5.65 Å². The van der Waals surface area contributed by atoms with Crippen LogP contribution in [0.3, 0.4) is 0 Å². The Morgan fingerprint density at radius 1 is 1.40 bits per heavy atom. The van der Waals surface area contributed by atoms with E-state index in [9.17, 15) is 4.79 Å². The number of fused-ring (bicyclic) bond motifs is 1. The summed E-state index contributed by atoms with van der Waals surface area (Å²) >= 11 is 0. The molecule has 2 heterocycles. The molecule has 0 N–H and O–H groups in total. The lowest BCUT2D eigenvalue weighted by atomic mass is 10.2. The van der Waals surface area contributed by atoms with Crippen molar-refractivity contribution in [2.24, 2.45) is 0 Å². The molecule has 0 unspecified atom stereocenters. The molecule has 0 aliphatic rings. The van der Waals surface area contributed by atoms with Gasteiger partial charge in [0.2, 0.25) is 0 Å². The first-order chi connectivity index (χ1) is 9.65. The van der Waals surface area contributed by atoms with Gasteiger partial charge in [0, 0.05) is 6.54 Å². The summed E-state index contributed by atoms with van der Waals surface area (Å²) in [5, 5.41) is 4.23. The summed E-state index contributed by atoms with van der Waals surface area (Å²) in [5.41, 5.74) is 1.87. The highest BCUT2D eigenvalue weighted by Gasteiger charge is 2.15. The van der Waals surface area contributed by atoms with Gasteiger partial charge in [0.25, 0.3) is 0 Å². The molecule has 2 aromatic rings. The molecule has 6 nitrogen and oxygen atoms in total. The van der Waals surface area contributed by atoms with Crippen LogP contribution < -0.4 is 4.90 Å². The van der Waals surface area contributed by atoms with Crippen molar-refractivity contribution < 1.29 is 9.53 Å². The first kappa shape index (κ1) is 14.3. The molecule has 0 bridgehead atoms. The van der Waals surface area contributed by atoms with Gasteiger partial charge in [-0.3, -0.25) is 4.79 Å². The van der Waals surface area contributed by atoms with Crippen molar-refractivity contribution in [3.8, 4) is 0 Å².